The van der Waals surface area contributed by atoms with Crippen molar-refractivity contribution < 1.29 is 9.53 Å². The van der Waals surface area contributed by atoms with Crippen molar-refractivity contribution in [3.8, 4) is 0 Å². The van der Waals surface area contributed by atoms with Gasteiger partial charge in [0.25, 0.3) is 0 Å². The van der Waals surface area contributed by atoms with Gasteiger partial charge in [-0.25, -0.2) is 0 Å². The zero-order chi connectivity index (χ0) is 10.1. The minimum atomic E-state index is -0.103. The van der Waals surface area contributed by atoms with Crippen LogP contribution < -0.4 is 0 Å². The van der Waals surface area contributed by atoms with Gasteiger partial charge in [0.2, 0.25) is 0 Å². The van der Waals surface area contributed by atoms with Gasteiger partial charge in [-0.15, -0.1) is 0 Å². The van der Waals surface area contributed by atoms with Crippen LogP contribution in [0.3, 0.4) is 0 Å². The van der Waals surface area contributed by atoms with Crippen molar-refractivity contribution in [2.24, 2.45) is 0 Å². The fourth-order valence-corrected chi connectivity index (χ4v) is 1.05. The molecule has 0 rings (SSSR count). The highest BCUT2D eigenvalue weighted by Crippen LogP contribution is 2.05. The molecule has 0 bridgehead atoms. The summed E-state index contributed by atoms with van der Waals surface area (Å²) < 4.78 is 5.14. The summed E-state index contributed by atoms with van der Waals surface area (Å²) in [7, 11) is 0. The molecule has 0 heterocycles. The first-order valence-electron chi connectivity index (χ1n) is 5.06. The molecular weight excluding hydrogens is 164 g/mol. The highest BCUT2D eigenvalue weighted by molar-refractivity contribution is 5.69. The molecule has 0 aliphatic rings. The molecule has 0 fully saturated rings. The van der Waals surface area contributed by atoms with Crippen LogP contribution in [-0.2, 0) is 9.53 Å². The van der Waals surface area contributed by atoms with Crippen molar-refractivity contribution in [2.45, 2.75) is 52.1 Å². The highest BCUT2D eigenvalue weighted by atomic mass is 16.5. The SMILES string of the molecule is C=CC(CC)OC(=O)CCCCC. The summed E-state index contributed by atoms with van der Waals surface area (Å²) in [6, 6.07) is 0. The molecule has 0 aromatic rings. The predicted molar refractivity (Wildman–Crippen MR) is 54.5 cm³/mol. The second-order valence-electron chi connectivity index (χ2n) is 3.13. The highest BCUT2D eigenvalue weighted by Gasteiger charge is 2.07. The van der Waals surface area contributed by atoms with E-state index in [2.05, 4.69) is 13.5 Å². The Balaban J connectivity index is 3.54. The molecule has 0 saturated carbocycles. The Bertz CT molecular complexity index is 152. The first-order chi connectivity index (χ1) is 6.24. The van der Waals surface area contributed by atoms with Crippen molar-refractivity contribution in [2.75, 3.05) is 0 Å². The summed E-state index contributed by atoms with van der Waals surface area (Å²) in [6.07, 6.45) is 6.09. The minimum Gasteiger partial charge on any atom is -0.458 e. The lowest BCUT2D eigenvalue weighted by Crippen LogP contribution is -2.14. The topological polar surface area (TPSA) is 26.3 Å². The molecule has 1 atom stereocenters. The van der Waals surface area contributed by atoms with Crippen LogP contribution in [0.15, 0.2) is 12.7 Å². The van der Waals surface area contributed by atoms with Gasteiger partial charge in [0.1, 0.15) is 6.10 Å². The lowest BCUT2D eigenvalue weighted by molar-refractivity contribution is -0.147. The zero-order valence-electron chi connectivity index (χ0n) is 8.71. The first kappa shape index (κ1) is 12.2. The van der Waals surface area contributed by atoms with Gasteiger partial charge in [-0.05, 0) is 12.8 Å². The van der Waals surface area contributed by atoms with Gasteiger partial charge in [-0.1, -0.05) is 39.3 Å². The lowest BCUT2D eigenvalue weighted by atomic mass is 10.2. The van der Waals surface area contributed by atoms with Crippen molar-refractivity contribution in [3.05, 3.63) is 12.7 Å². The normalized spacial score (nSPS) is 12.2. The molecule has 13 heavy (non-hydrogen) atoms. The largest absolute Gasteiger partial charge is 0.458 e. The van der Waals surface area contributed by atoms with Crippen molar-refractivity contribution in [1.29, 1.82) is 0 Å². The van der Waals surface area contributed by atoms with Gasteiger partial charge < -0.3 is 4.74 Å². The van der Waals surface area contributed by atoms with Crippen LogP contribution >= 0.6 is 0 Å². The monoisotopic (exact) mass is 184 g/mol. The molecule has 0 saturated heterocycles. The quantitative estimate of drug-likeness (QED) is 0.345. The Morgan fingerprint density at radius 1 is 1.46 bits per heavy atom. The second kappa shape index (κ2) is 7.84. The van der Waals surface area contributed by atoms with E-state index < -0.39 is 0 Å². The number of esters is 1. The van der Waals surface area contributed by atoms with E-state index in [1.807, 2.05) is 6.92 Å². The maximum atomic E-state index is 11.2. The number of rotatable bonds is 7. The maximum Gasteiger partial charge on any atom is 0.306 e. The van der Waals surface area contributed by atoms with Crippen LogP contribution in [0.1, 0.15) is 46.0 Å². The molecular formula is C11H20O2. The van der Waals surface area contributed by atoms with Crippen molar-refractivity contribution >= 4 is 5.97 Å². The molecule has 0 spiro atoms. The molecule has 76 valence electrons. The average Bonchev–Trinajstić information content (AvgIpc) is 2.14. The first-order valence-corrected chi connectivity index (χ1v) is 5.06. The van der Waals surface area contributed by atoms with Crippen LogP contribution in [0, 0.1) is 0 Å². The fraction of sp³-hybridized carbons (Fsp3) is 0.727. The number of hydrogen-bond donors (Lipinski definition) is 0. The molecule has 0 aliphatic carbocycles. The van der Waals surface area contributed by atoms with Crippen LogP contribution in [-0.4, -0.2) is 12.1 Å². The molecule has 0 aromatic carbocycles. The van der Waals surface area contributed by atoms with Gasteiger partial charge in [0, 0.05) is 6.42 Å². The van der Waals surface area contributed by atoms with E-state index in [1.54, 1.807) is 6.08 Å². The van der Waals surface area contributed by atoms with Crippen molar-refractivity contribution in [1.82, 2.24) is 0 Å². The Kier molecular flexibility index (Phi) is 7.36. The van der Waals surface area contributed by atoms with Gasteiger partial charge in [-0.2, -0.15) is 0 Å². The summed E-state index contributed by atoms with van der Waals surface area (Å²) in [6.45, 7) is 7.70. The van der Waals surface area contributed by atoms with Gasteiger partial charge in [0.15, 0.2) is 0 Å². The van der Waals surface area contributed by atoms with E-state index >= 15 is 0 Å². The Labute approximate surface area is 81.0 Å². The van der Waals surface area contributed by atoms with Gasteiger partial charge >= 0.3 is 5.97 Å². The molecule has 0 N–H and O–H groups in total. The van der Waals surface area contributed by atoms with Crippen LogP contribution in [0.4, 0.5) is 0 Å². The molecule has 0 aromatic heterocycles. The number of ether oxygens (including phenoxy) is 1. The van der Waals surface area contributed by atoms with Crippen LogP contribution in [0.5, 0.6) is 0 Å². The summed E-state index contributed by atoms with van der Waals surface area (Å²) in [5, 5.41) is 0. The third kappa shape index (κ3) is 6.38. The summed E-state index contributed by atoms with van der Waals surface area (Å²) in [5.41, 5.74) is 0. The fourth-order valence-electron chi connectivity index (χ4n) is 1.05. The Hall–Kier alpha value is -0.790. The predicted octanol–water partition coefficient (Wildman–Crippen LogP) is 3.07. The molecule has 0 amide bonds. The Morgan fingerprint density at radius 2 is 2.15 bits per heavy atom. The zero-order valence-corrected chi connectivity index (χ0v) is 8.71. The number of carbonyl (C=O) groups excluding carboxylic acids is 1. The smallest absolute Gasteiger partial charge is 0.306 e. The molecule has 1 unspecified atom stereocenters. The standard InChI is InChI=1S/C11H20O2/c1-4-7-8-9-11(12)13-10(5-2)6-3/h5,10H,2,4,6-9H2,1,3H3. The van der Waals surface area contributed by atoms with Crippen molar-refractivity contribution in [3.63, 3.8) is 0 Å². The molecule has 0 radical (unpaired) electrons. The van der Waals surface area contributed by atoms with Gasteiger partial charge in [-0.3, -0.25) is 4.79 Å². The maximum absolute atomic E-state index is 11.2. The number of carbonyl (C=O) groups is 1. The van der Waals surface area contributed by atoms with E-state index in [0.29, 0.717) is 6.42 Å². The summed E-state index contributed by atoms with van der Waals surface area (Å²) >= 11 is 0. The third-order valence-corrected chi connectivity index (χ3v) is 1.93. The minimum absolute atomic E-state index is 0.0970. The van der Waals surface area contributed by atoms with E-state index in [4.69, 9.17) is 4.74 Å². The molecule has 2 heteroatoms. The van der Waals surface area contributed by atoms with Crippen LogP contribution in [0.2, 0.25) is 0 Å². The average molecular weight is 184 g/mol. The Morgan fingerprint density at radius 3 is 2.62 bits per heavy atom. The summed E-state index contributed by atoms with van der Waals surface area (Å²) in [4.78, 5) is 11.2. The van der Waals surface area contributed by atoms with E-state index in [1.165, 1.54) is 0 Å². The van der Waals surface area contributed by atoms with Gasteiger partial charge in [0.05, 0.1) is 0 Å². The molecule has 0 aliphatic heterocycles. The lowest BCUT2D eigenvalue weighted by Gasteiger charge is -2.11. The third-order valence-electron chi connectivity index (χ3n) is 1.93. The second-order valence-corrected chi connectivity index (χ2v) is 3.13. The van der Waals surface area contributed by atoms with E-state index in [0.717, 1.165) is 25.7 Å². The summed E-state index contributed by atoms with van der Waals surface area (Å²) in [5.74, 6) is -0.0970. The number of unbranched alkanes of at least 4 members (excludes halogenated alkanes) is 2. The number of hydrogen-bond acceptors (Lipinski definition) is 2. The van der Waals surface area contributed by atoms with Crippen LogP contribution in [0.25, 0.3) is 0 Å². The van der Waals surface area contributed by atoms with E-state index in [9.17, 15) is 4.79 Å². The molecule has 2 nitrogen and oxygen atoms in total. The van der Waals surface area contributed by atoms with E-state index in [-0.39, 0.29) is 12.1 Å².